The van der Waals surface area contributed by atoms with Gasteiger partial charge in [0.05, 0.1) is 0 Å². The van der Waals surface area contributed by atoms with Crippen molar-refractivity contribution in [3.63, 3.8) is 0 Å². The zero-order chi connectivity index (χ0) is 14.0. The van der Waals surface area contributed by atoms with Gasteiger partial charge in [0.2, 0.25) is 11.8 Å². The first-order valence-electron chi connectivity index (χ1n) is 6.66. The highest BCUT2D eigenvalue weighted by atomic mass is 16.2. The van der Waals surface area contributed by atoms with E-state index in [1.807, 2.05) is 13.8 Å². The maximum absolute atomic E-state index is 11.3. The third-order valence-corrected chi connectivity index (χ3v) is 2.36. The van der Waals surface area contributed by atoms with Gasteiger partial charge in [-0.25, -0.2) is 0 Å². The zero-order valence-corrected chi connectivity index (χ0v) is 11.8. The number of allylic oxidation sites excluding steroid dienone is 1. The predicted octanol–water partition coefficient (Wildman–Crippen LogP) is 2.50. The van der Waals surface area contributed by atoms with Crippen molar-refractivity contribution in [3.8, 4) is 0 Å². The van der Waals surface area contributed by atoms with Crippen molar-refractivity contribution >= 4 is 11.8 Å². The van der Waals surface area contributed by atoms with Crippen LogP contribution < -0.4 is 10.6 Å². The normalized spacial score (nSPS) is 10.2. The minimum atomic E-state index is 0.0278. The highest BCUT2D eigenvalue weighted by molar-refractivity contribution is 5.77. The molecule has 4 nitrogen and oxygen atoms in total. The summed E-state index contributed by atoms with van der Waals surface area (Å²) >= 11 is 0. The van der Waals surface area contributed by atoms with E-state index in [0.29, 0.717) is 18.5 Å². The number of amides is 2. The monoisotopic (exact) mass is 254 g/mol. The molecule has 0 aliphatic heterocycles. The molecular formula is C14H26N2O2. The minimum absolute atomic E-state index is 0.0278. The average Bonchev–Trinajstić information content (AvgIpc) is 2.20. The van der Waals surface area contributed by atoms with E-state index in [2.05, 4.69) is 17.2 Å². The lowest BCUT2D eigenvalue weighted by atomic mass is 10.1. The van der Waals surface area contributed by atoms with Gasteiger partial charge >= 0.3 is 0 Å². The van der Waals surface area contributed by atoms with Crippen LogP contribution in [0.3, 0.4) is 0 Å². The first-order chi connectivity index (χ1) is 8.41. The molecule has 0 fully saturated rings. The summed E-state index contributed by atoms with van der Waals surface area (Å²) in [6, 6.07) is 0.211. The Kier molecular flexibility index (Phi) is 8.97. The molecule has 0 heterocycles. The molecule has 0 aromatic heterocycles. The molecule has 2 amide bonds. The molecule has 0 bridgehead atoms. The summed E-state index contributed by atoms with van der Waals surface area (Å²) in [4.78, 5) is 22.6. The molecule has 0 atom stereocenters. The van der Waals surface area contributed by atoms with Crippen LogP contribution in [-0.4, -0.2) is 17.9 Å². The molecule has 0 spiro atoms. The van der Waals surface area contributed by atoms with Gasteiger partial charge in [0, 0.05) is 24.6 Å². The highest BCUT2D eigenvalue weighted by Gasteiger charge is 2.03. The van der Waals surface area contributed by atoms with Crippen molar-refractivity contribution in [1.82, 2.24) is 10.6 Å². The van der Waals surface area contributed by atoms with Crippen molar-refractivity contribution in [2.45, 2.75) is 65.3 Å². The Balaban J connectivity index is 3.38. The molecule has 0 aliphatic rings. The summed E-state index contributed by atoms with van der Waals surface area (Å²) in [7, 11) is 0. The van der Waals surface area contributed by atoms with E-state index in [1.54, 1.807) is 6.92 Å². The van der Waals surface area contributed by atoms with Crippen molar-refractivity contribution in [1.29, 1.82) is 0 Å². The predicted molar refractivity (Wildman–Crippen MR) is 73.9 cm³/mol. The van der Waals surface area contributed by atoms with Crippen LogP contribution in [0.1, 0.15) is 59.3 Å². The molecule has 2 N–H and O–H groups in total. The summed E-state index contributed by atoms with van der Waals surface area (Å²) in [6.07, 6.45) is 4.84. The Morgan fingerprint density at radius 2 is 1.50 bits per heavy atom. The first-order valence-corrected chi connectivity index (χ1v) is 6.66. The summed E-state index contributed by atoms with van der Waals surface area (Å²) in [5.74, 6) is 0.144. The van der Waals surface area contributed by atoms with E-state index in [0.717, 1.165) is 25.7 Å². The Morgan fingerprint density at radius 1 is 1.00 bits per heavy atom. The van der Waals surface area contributed by atoms with Crippen LogP contribution in [0.4, 0.5) is 0 Å². The summed E-state index contributed by atoms with van der Waals surface area (Å²) in [6.45, 7) is 9.30. The van der Waals surface area contributed by atoms with Crippen molar-refractivity contribution < 1.29 is 9.59 Å². The van der Waals surface area contributed by atoms with Crippen molar-refractivity contribution in [2.24, 2.45) is 0 Å². The zero-order valence-electron chi connectivity index (χ0n) is 11.8. The standard InChI is InChI=1S/C14H26N2O2/c1-11(2)15-13(17)9-7-5-6-8-10-14(18)16-12(3)4/h12H,1,5-10H2,2-4H3,(H,15,17)(H,16,18). The van der Waals surface area contributed by atoms with Crippen LogP contribution in [0.2, 0.25) is 0 Å². The Labute approximate surface area is 110 Å². The van der Waals surface area contributed by atoms with Crippen molar-refractivity contribution in [2.75, 3.05) is 0 Å². The molecule has 0 saturated heterocycles. The summed E-state index contributed by atoms with van der Waals surface area (Å²) < 4.78 is 0. The molecule has 104 valence electrons. The fourth-order valence-corrected chi connectivity index (χ4v) is 1.62. The van der Waals surface area contributed by atoms with Crippen LogP contribution >= 0.6 is 0 Å². The smallest absolute Gasteiger partial charge is 0.224 e. The molecule has 18 heavy (non-hydrogen) atoms. The van der Waals surface area contributed by atoms with E-state index in [4.69, 9.17) is 0 Å². The second-order valence-corrected chi connectivity index (χ2v) is 4.96. The van der Waals surface area contributed by atoms with Gasteiger partial charge in [-0.2, -0.15) is 0 Å². The molecule has 0 saturated carbocycles. The van der Waals surface area contributed by atoms with Gasteiger partial charge in [-0.05, 0) is 33.6 Å². The van der Waals surface area contributed by atoms with Gasteiger partial charge in [0.25, 0.3) is 0 Å². The van der Waals surface area contributed by atoms with E-state index in [9.17, 15) is 9.59 Å². The molecule has 0 aromatic rings. The second kappa shape index (κ2) is 9.68. The molecule has 0 radical (unpaired) electrons. The van der Waals surface area contributed by atoms with Gasteiger partial charge in [0.15, 0.2) is 0 Å². The lowest BCUT2D eigenvalue weighted by molar-refractivity contribution is -0.122. The van der Waals surface area contributed by atoms with E-state index < -0.39 is 0 Å². The number of hydrogen-bond donors (Lipinski definition) is 2. The molecule has 0 aromatic carbocycles. The van der Waals surface area contributed by atoms with Crippen LogP contribution in [0.5, 0.6) is 0 Å². The maximum atomic E-state index is 11.3. The van der Waals surface area contributed by atoms with Crippen LogP contribution in [0.25, 0.3) is 0 Å². The molecule has 0 unspecified atom stereocenters. The van der Waals surface area contributed by atoms with Crippen LogP contribution in [-0.2, 0) is 9.59 Å². The number of carbonyl (C=O) groups is 2. The third-order valence-electron chi connectivity index (χ3n) is 2.36. The fraction of sp³-hybridized carbons (Fsp3) is 0.714. The van der Waals surface area contributed by atoms with E-state index in [1.165, 1.54) is 0 Å². The van der Waals surface area contributed by atoms with Crippen LogP contribution in [0.15, 0.2) is 12.3 Å². The van der Waals surface area contributed by atoms with Gasteiger partial charge < -0.3 is 10.6 Å². The molecule has 4 heteroatoms. The Bertz CT molecular complexity index is 286. The maximum Gasteiger partial charge on any atom is 0.224 e. The van der Waals surface area contributed by atoms with Crippen LogP contribution in [0, 0.1) is 0 Å². The fourth-order valence-electron chi connectivity index (χ4n) is 1.62. The lowest BCUT2D eigenvalue weighted by Crippen LogP contribution is -2.29. The molecular weight excluding hydrogens is 228 g/mol. The molecule has 0 rings (SSSR count). The lowest BCUT2D eigenvalue weighted by Gasteiger charge is -2.07. The van der Waals surface area contributed by atoms with Gasteiger partial charge in [-0.1, -0.05) is 19.4 Å². The average molecular weight is 254 g/mol. The largest absolute Gasteiger partial charge is 0.354 e. The number of nitrogens with one attached hydrogen (secondary N) is 2. The number of rotatable bonds is 9. The minimum Gasteiger partial charge on any atom is -0.354 e. The van der Waals surface area contributed by atoms with Gasteiger partial charge in [-0.3, -0.25) is 9.59 Å². The second-order valence-electron chi connectivity index (χ2n) is 4.96. The van der Waals surface area contributed by atoms with E-state index >= 15 is 0 Å². The number of carbonyl (C=O) groups excluding carboxylic acids is 2. The quantitative estimate of drug-likeness (QED) is 0.621. The number of unbranched alkanes of at least 4 members (excludes halogenated alkanes) is 3. The van der Waals surface area contributed by atoms with Crippen molar-refractivity contribution in [3.05, 3.63) is 12.3 Å². The van der Waals surface area contributed by atoms with Gasteiger partial charge in [-0.15, -0.1) is 0 Å². The van der Waals surface area contributed by atoms with E-state index in [-0.39, 0.29) is 17.9 Å². The number of hydrogen-bond acceptors (Lipinski definition) is 2. The highest BCUT2D eigenvalue weighted by Crippen LogP contribution is 2.05. The topological polar surface area (TPSA) is 58.2 Å². The summed E-state index contributed by atoms with van der Waals surface area (Å²) in [5.41, 5.74) is 0.686. The SMILES string of the molecule is C=C(C)NC(=O)CCCCCCC(=O)NC(C)C. The third kappa shape index (κ3) is 11.2. The van der Waals surface area contributed by atoms with Gasteiger partial charge in [0.1, 0.15) is 0 Å². The Morgan fingerprint density at radius 3 is 1.94 bits per heavy atom. The first kappa shape index (κ1) is 16.7. The summed E-state index contributed by atoms with van der Waals surface area (Å²) in [5, 5.41) is 5.54. The Hall–Kier alpha value is -1.32. The molecule has 0 aliphatic carbocycles.